The van der Waals surface area contributed by atoms with E-state index in [1.165, 1.54) is 0 Å². The lowest BCUT2D eigenvalue weighted by molar-refractivity contribution is 0.669. The Hall–Kier alpha value is -7.82. The van der Waals surface area contributed by atoms with Gasteiger partial charge in [0.25, 0.3) is 0 Å². The maximum absolute atomic E-state index is 6.15. The number of aromatic nitrogens is 2. The Morgan fingerprint density at radius 3 is 1.57 bits per heavy atom. The van der Waals surface area contributed by atoms with E-state index < -0.39 is 0 Å². The van der Waals surface area contributed by atoms with Crippen LogP contribution in [0.3, 0.4) is 0 Å². The molecule has 0 unspecified atom stereocenters. The van der Waals surface area contributed by atoms with Crippen molar-refractivity contribution in [2.75, 3.05) is 4.90 Å². The predicted octanol–water partition coefficient (Wildman–Crippen LogP) is 14.8. The van der Waals surface area contributed by atoms with Gasteiger partial charge in [-0.1, -0.05) is 152 Å². The predicted molar refractivity (Wildman–Crippen MR) is 241 cm³/mol. The Morgan fingerprint density at radius 2 is 0.862 bits per heavy atom. The largest absolute Gasteiger partial charge is 0.456 e. The summed E-state index contributed by atoms with van der Waals surface area (Å²) in [6.45, 7) is 0. The summed E-state index contributed by atoms with van der Waals surface area (Å²) in [4.78, 5) is 12.8. The van der Waals surface area contributed by atoms with E-state index in [2.05, 4.69) is 181 Å². The lowest BCUT2D eigenvalue weighted by atomic mass is 9.97. The molecule has 2 aromatic heterocycles. The molecular formula is C54H35N3O. The number of benzene rings is 9. The van der Waals surface area contributed by atoms with Crippen LogP contribution in [0.5, 0.6) is 0 Å². The van der Waals surface area contributed by atoms with Crippen molar-refractivity contribution in [3.8, 4) is 44.8 Å². The highest BCUT2D eigenvalue weighted by Crippen LogP contribution is 2.40. The van der Waals surface area contributed by atoms with Crippen molar-refractivity contribution in [3.05, 3.63) is 212 Å². The molecule has 2 heterocycles. The smallest absolute Gasteiger partial charge is 0.135 e. The summed E-state index contributed by atoms with van der Waals surface area (Å²) in [6, 6.07) is 74.4. The Kier molecular flexibility index (Phi) is 8.11. The number of rotatable bonds is 7. The van der Waals surface area contributed by atoms with Gasteiger partial charge in [0, 0.05) is 44.3 Å². The van der Waals surface area contributed by atoms with Crippen molar-refractivity contribution in [2.24, 2.45) is 0 Å². The third-order valence-electron chi connectivity index (χ3n) is 11.1. The van der Waals surface area contributed by atoms with Crippen LogP contribution in [-0.4, -0.2) is 9.97 Å². The van der Waals surface area contributed by atoms with Crippen LogP contribution in [-0.2, 0) is 0 Å². The number of fused-ring (bicyclic) bond motifs is 6. The van der Waals surface area contributed by atoms with Crippen molar-refractivity contribution in [1.82, 2.24) is 9.97 Å². The molecule has 0 aliphatic rings. The second-order valence-corrected chi connectivity index (χ2v) is 14.6. The molecule has 0 saturated heterocycles. The van der Waals surface area contributed by atoms with Gasteiger partial charge in [0.15, 0.2) is 0 Å². The Bertz CT molecular complexity index is 3250. The average Bonchev–Trinajstić information content (AvgIpc) is 3.68. The van der Waals surface area contributed by atoms with Crippen LogP contribution in [0.4, 0.5) is 17.1 Å². The van der Waals surface area contributed by atoms with Crippen molar-refractivity contribution < 1.29 is 4.42 Å². The number of furan rings is 1. The molecule has 9 aromatic carbocycles. The number of para-hydroxylation sites is 2. The van der Waals surface area contributed by atoms with Crippen molar-refractivity contribution in [2.45, 2.75) is 0 Å². The molecule has 11 rings (SSSR count). The van der Waals surface area contributed by atoms with E-state index >= 15 is 0 Å². The SMILES string of the molecule is c1ccc(-c2nc3ccc4cc(-c5ccc(-c6ccc(N(c7ccccc7)c7ccc8oc9ccccc9c8c7)cc6)cc5)ccc4c3nc2-c2ccccc2)cc1. The molecule has 0 atom stereocenters. The minimum Gasteiger partial charge on any atom is -0.456 e. The topological polar surface area (TPSA) is 42.2 Å². The van der Waals surface area contributed by atoms with E-state index in [4.69, 9.17) is 14.4 Å². The average molecular weight is 742 g/mol. The van der Waals surface area contributed by atoms with Gasteiger partial charge in [-0.05, 0) is 88.3 Å². The van der Waals surface area contributed by atoms with Crippen LogP contribution in [0.15, 0.2) is 217 Å². The molecule has 0 radical (unpaired) electrons. The fourth-order valence-corrected chi connectivity index (χ4v) is 8.16. The monoisotopic (exact) mass is 741 g/mol. The van der Waals surface area contributed by atoms with Gasteiger partial charge in [0.1, 0.15) is 11.2 Å². The Morgan fingerprint density at radius 1 is 0.328 bits per heavy atom. The molecule has 0 fully saturated rings. The van der Waals surface area contributed by atoms with Crippen LogP contribution < -0.4 is 4.90 Å². The summed E-state index contributed by atoms with van der Waals surface area (Å²) in [5.74, 6) is 0. The normalized spacial score (nSPS) is 11.4. The molecule has 4 nitrogen and oxygen atoms in total. The highest BCUT2D eigenvalue weighted by Gasteiger charge is 2.17. The van der Waals surface area contributed by atoms with Crippen molar-refractivity contribution in [3.63, 3.8) is 0 Å². The van der Waals surface area contributed by atoms with Gasteiger partial charge >= 0.3 is 0 Å². The quantitative estimate of drug-likeness (QED) is 0.153. The second kappa shape index (κ2) is 14.0. The van der Waals surface area contributed by atoms with Gasteiger partial charge in [0.2, 0.25) is 0 Å². The highest BCUT2D eigenvalue weighted by molar-refractivity contribution is 6.07. The first-order chi connectivity index (χ1) is 28.7. The highest BCUT2D eigenvalue weighted by atomic mass is 16.3. The summed E-state index contributed by atoms with van der Waals surface area (Å²) in [6.07, 6.45) is 0. The first-order valence-electron chi connectivity index (χ1n) is 19.6. The van der Waals surface area contributed by atoms with Gasteiger partial charge in [-0.2, -0.15) is 0 Å². The molecule has 0 aliphatic carbocycles. The van der Waals surface area contributed by atoms with E-state index in [9.17, 15) is 0 Å². The molecule has 0 spiro atoms. The summed E-state index contributed by atoms with van der Waals surface area (Å²) >= 11 is 0. The maximum atomic E-state index is 6.15. The van der Waals surface area contributed by atoms with Crippen molar-refractivity contribution >= 4 is 60.8 Å². The van der Waals surface area contributed by atoms with Gasteiger partial charge in [0.05, 0.1) is 22.4 Å². The van der Waals surface area contributed by atoms with E-state index in [0.717, 1.165) is 106 Å². The number of hydrogen-bond acceptors (Lipinski definition) is 4. The third-order valence-corrected chi connectivity index (χ3v) is 11.1. The Labute approximate surface area is 335 Å². The van der Waals surface area contributed by atoms with Crippen LogP contribution in [0.2, 0.25) is 0 Å². The molecule has 272 valence electrons. The lowest BCUT2D eigenvalue weighted by Crippen LogP contribution is -2.09. The zero-order chi connectivity index (χ0) is 38.4. The summed E-state index contributed by atoms with van der Waals surface area (Å²) in [5, 5.41) is 4.44. The number of anilines is 3. The van der Waals surface area contributed by atoms with Crippen LogP contribution >= 0.6 is 0 Å². The molecule has 58 heavy (non-hydrogen) atoms. The van der Waals surface area contributed by atoms with Gasteiger partial charge in [-0.15, -0.1) is 0 Å². The Balaban J connectivity index is 0.906. The zero-order valence-corrected chi connectivity index (χ0v) is 31.5. The molecule has 11 aromatic rings. The van der Waals surface area contributed by atoms with E-state index in [0.29, 0.717) is 0 Å². The second-order valence-electron chi connectivity index (χ2n) is 14.6. The fraction of sp³-hybridized carbons (Fsp3) is 0. The first kappa shape index (κ1) is 33.5. The lowest BCUT2D eigenvalue weighted by Gasteiger charge is -2.25. The molecule has 0 aliphatic heterocycles. The summed E-state index contributed by atoms with van der Waals surface area (Å²) in [5.41, 5.74) is 15.3. The maximum Gasteiger partial charge on any atom is 0.135 e. The van der Waals surface area contributed by atoms with E-state index in [-0.39, 0.29) is 0 Å². The van der Waals surface area contributed by atoms with Crippen LogP contribution in [0.1, 0.15) is 0 Å². The van der Waals surface area contributed by atoms with E-state index in [1.807, 2.05) is 36.4 Å². The summed E-state index contributed by atoms with van der Waals surface area (Å²) in [7, 11) is 0. The van der Waals surface area contributed by atoms with Crippen LogP contribution in [0, 0.1) is 0 Å². The minimum absolute atomic E-state index is 0.883. The zero-order valence-electron chi connectivity index (χ0n) is 31.5. The molecule has 0 N–H and O–H groups in total. The molecule has 0 saturated carbocycles. The van der Waals surface area contributed by atoms with Crippen LogP contribution in [0.25, 0.3) is 88.5 Å². The fourth-order valence-electron chi connectivity index (χ4n) is 8.16. The standard InChI is InChI=1S/C54H35N3O/c1-4-12-39(13-5-1)52-53(40-14-6-2-7-15-40)56-54-46-31-26-41(34-42(46)27-32-49(54)55-52)38-22-20-36(21-23-38)37-24-28-44(29-25-37)57(43-16-8-3-9-17-43)45-30-33-51-48(35-45)47-18-10-11-19-50(47)58-51/h1-35H. The third kappa shape index (κ3) is 5.96. The van der Waals surface area contributed by atoms with Gasteiger partial charge in [-0.3, -0.25) is 0 Å². The minimum atomic E-state index is 0.883. The molecule has 4 heteroatoms. The summed E-state index contributed by atoms with van der Waals surface area (Å²) < 4.78 is 6.15. The van der Waals surface area contributed by atoms with Gasteiger partial charge in [-0.25, -0.2) is 9.97 Å². The molecular weight excluding hydrogens is 707 g/mol. The van der Waals surface area contributed by atoms with Gasteiger partial charge < -0.3 is 9.32 Å². The molecule has 0 bridgehead atoms. The number of hydrogen-bond donors (Lipinski definition) is 0. The molecule has 0 amide bonds. The van der Waals surface area contributed by atoms with E-state index in [1.54, 1.807) is 0 Å². The number of nitrogens with zero attached hydrogens (tertiary/aromatic N) is 3. The first-order valence-corrected chi connectivity index (χ1v) is 19.6. The van der Waals surface area contributed by atoms with Crippen molar-refractivity contribution in [1.29, 1.82) is 0 Å².